The Kier molecular flexibility index (Phi) is 12.6. The standard InChI is InChI=1S/C16H22O2.C14H26O4/c1-15(2,3)13(17)11-7-9-12(10-8-11)14(18)16(4,5)6;1-13(2,3)11(15)9-17-7-8-18-10-12(16)14(4,5)6/h7-10H,1-6H3;7-10H2,1-6H3. The molecule has 0 fully saturated rings. The summed E-state index contributed by atoms with van der Waals surface area (Å²) in [6.45, 7) is 23.4. The number of Topliss-reactive ketones (excluding diaryl/α,β-unsaturated/α-hetero) is 4. The minimum absolute atomic E-state index is 0.0632. The van der Waals surface area contributed by atoms with Crippen LogP contribution in [0.15, 0.2) is 24.3 Å². The Balaban J connectivity index is 0.000000681. The first-order chi connectivity index (χ1) is 16.1. The molecule has 0 radical (unpaired) electrons. The third-order valence-corrected chi connectivity index (χ3v) is 5.28. The van der Waals surface area contributed by atoms with Gasteiger partial charge in [0, 0.05) is 32.8 Å². The maximum absolute atomic E-state index is 12.1. The molecule has 0 aliphatic rings. The second kappa shape index (κ2) is 13.4. The van der Waals surface area contributed by atoms with Crippen LogP contribution in [-0.2, 0) is 19.1 Å². The minimum Gasteiger partial charge on any atom is -0.371 e. The van der Waals surface area contributed by atoms with E-state index in [0.29, 0.717) is 24.3 Å². The zero-order chi connectivity index (χ0) is 28.5. The lowest BCUT2D eigenvalue weighted by atomic mass is 9.84. The number of carbonyl (C=O) groups is 4. The highest BCUT2D eigenvalue weighted by Crippen LogP contribution is 2.24. The topological polar surface area (TPSA) is 86.7 Å². The average molecular weight is 505 g/mol. The first-order valence-corrected chi connectivity index (χ1v) is 12.5. The van der Waals surface area contributed by atoms with Gasteiger partial charge in [0.15, 0.2) is 23.1 Å². The molecule has 0 unspecified atom stereocenters. The smallest absolute Gasteiger partial charge is 0.168 e. The van der Waals surface area contributed by atoms with Gasteiger partial charge in [-0.1, -0.05) is 107 Å². The maximum Gasteiger partial charge on any atom is 0.168 e. The monoisotopic (exact) mass is 504 g/mol. The highest BCUT2D eigenvalue weighted by atomic mass is 16.5. The summed E-state index contributed by atoms with van der Waals surface area (Å²) in [7, 11) is 0. The third kappa shape index (κ3) is 12.7. The lowest BCUT2D eigenvalue weighted by molar-refractivity contribution is -0.134. The molecule has 36 heavy (non-hydrogen) atoms. The molecule has 0 heterocycles. The Labute approximate surface area is 218 Å². The first kappa shape index (κ1) is 33.8. The molecule has 0 amide bonds. The summed E-state index contributed by atoms with van der Waals surface area (Å²) in [5.41, 5.74) is -0.210. The van der Waals surface area contributed by atoms with Crippen LogP contribution in [-0.4, -0.2) is 49.6 Å². The molecule has 1 rings (SSSR count). The molecule has 0 aliphatic carbocycles. The Morgan fingerprint density at radius 1 is 0.500 bits per heavy atom. The van der Waals surface area contributed by atoms with E-state index in [0.717, 1.165) is 0 Å². The largest absolute Gasteiger partial charge is 0.371 e. The first-order valence-electron chi connectivity index (χ1n) is 12.5. The van der Waals surface area contributed by atoms with E-state index in [1.807, 2.05) is 83.1 Å². The van der Waals surface area contributed by atoms with Gasteiger partial charge >= 0.3 is 0 Å². The van der Waals surface area contributed by atoms with Gasteiger partial charge < -0.3 is 9.47 Å². The molecule has 0 saturated heterocycles. The summed E-state index contributed by atoms with van der Waals surface area (Å²) in [6.07, 6.45) is 0. The van der Waals surface area contributed by atoms with Gasteiger partial charge in [0.05, 0.1) is 13.2 Å². The fourth-order valence-electron chi connectivity index (χ4n) is 2.52. The second-order valence-corrected chi connectivity index (χ2v) is 13.2. The number of rotatable bonds is 9. The average Bonchev–Trinajstić information content (AvgIpc) is 2.72. The second-order valence-electron chi connectivity index (χ2n) is 13.2. The van der Waals surface area contributed by atoms with Gasteiger partial charge in [0.1, 0.15) is 13.2 Å². The van der Waals surface area contributed by atoms with Crippen LogP contribution in [0.1, 0.15) is 104 Å². The minimum atomic E-state index is -0.393. The van der Waals surface area contributed by atoms with E-state index in [1.165, 1.54) is 0 Å². The SMILES string of the molecule is CC(C)(C)C(=O)COCCOCC(=O)C(C)(C)C.CC(C)(C)C(=O)c1ccc(C(=O)C(C)(C)C)cc1. The van der Waals surface area contributed by atoms with Crippen molar-refractivity contribution in [3.8, 4) is 0 Å². The van der Waals surface area contributed by atoms with Crippen molar-refractivity contribution in [2.24, 2.45) is 21.7 Å². The summed E-state index contributed by atoms with van der Waals surface area (Å²) in [5.74, 6) is 0.316. The summed E-state index contributed by atoms with van der Waals surface area (Å²) in [6, 6.07) is 6.97. The number of ketones is 4. The molecule has 6 nitrogen and oxygen atoms in total. The van der Waals surface area contributed by atoms with Gasteiger partial charge in [-0.3, -0.25) is 19.2 Å². The van der Waals surface area contributed by atoms with Crippen molar-refractivity contribution in [1.29, 1.82) is 0 Å². The third-order valence-electron chi connectivity index (χ3n) is 5.28. The van der Waals surface area contributed by atoms with Gasteiger partial charge in [0.2, 0.25) is 0 Å². The molecule has 0 atom stereocenters. The molecular formula is C30H48O6. The Morgan fingerprint density at radius 2 is 0.750 bits per heavy atom. The molecule has 0 aliphatic heterocycles. The van der Waals surface area contributed by atoms with E-state index in [2.05, 4.69) is 0 Å². The summed E-state index contributed by atoms with van der Waals surface area (Å²) < 4.78 is 10.4. The van der Waals surface area contributed by atoms with Gasteiger partial charge in [-0.25, -0.2) is 0 Å². The quantitative estimate of drug-likeness (QED) is 0.286. The predicted molar refractivity (Wildman–Crippen MR) is 145 cm³/mol. The van der Waals surface area contributed by atoms with Crippen LogP contribution in [0.2, 0.25) is 0 Å². The van der Waals surface area contributed by atoms with Crippen molar-refractivity contribution in [3.63, 3.8) is 0 Å². The van der Waals surface area contributed by atoms with E-state index in [9.17, 15) is 19.2 Å². The summed E-state index contributed by atoms with van der Waals surface area (Å²) in [5, 5.41) is 0. The van der Waals surface area contributed by atoms with E-state index in [4.69, 9.17) is 9.47 Å². The highest BCUT2D eigenvalue weighted by Gasteiger charge is 2.25. The van der Waals surface area contributed by atoms with Crippen molar-refractivity contribution in [3.05, 3.63) is 35.4 Å². The van der Waals surface area contributed by atoms with Crippen LogP contribution in [0.4, 0.5) is 0 Å². The van der Waals surface area contributed by atoms with E-state index in [1.54, 1.807) is 24.3 Å². The molecule has 0 bridgehead atoms. The molecule has 6 heteroatoms. The molecule has 0 spiro atoms. The molecular weight excluding hydrogens is 456 g/mol. The van der Waals surface area contributed by atoms with Gasteiger partial charge in [-0.2, -0.15) is 0 Å². The van der Waals surface area contributed by atoms with E-state index in [-0.39, 0.29) is 47.2 Å². The Bertz CT molecular complexity index is 807. The summed E-state index contributed by atoms with van der Waals surface area (Å²) >= 11 is 0. The fraction of sp³-hybridized carbons (Fsp3) is 0.667. The molecule has 204 valence electrons. The van der Waals surface area contributed by atoms with Crippen molar-refractivity contribution >= 4 is 23.1 Å². The van der Waals surface area contributed by atoms with Crippen molar-refractivity contribution in [2.75, 3.05) is 26.4 Å². The zero-order valence-electron chi connectivity index (χ0n) is 24.6. The van der Waals surface area contributed by atoms with Crippen LogP contribution in [0, 0.1) is 21.7 Å². The highest BCUT2D eigenvalue weighted by molar-refractivity contribution is 6.03. The van der Waals surface area contributed by atoms with Crippen LogP contribution in [0.5, 0.6) is 0 Å². The van der Waals surface area contributed by atoms with E-state index >= 15 is 0 Å². The number of carbonyl (C=O) groups excluding carboxylic acids is 4. The van der Waals surface area contributed by atoms with Crippen LogP contribution in [0.3, 0.4) is 0 Å². The van der Waals surface area contributed by atoms with Crippen LogP contribution < -0.4 is 0 Å². The van der Waals surface area contributed by atoms with Crippen molar-refractivity contribution in [1.82, 2.24) is 0 Å². The maximum atomic E-state index is 12.1. The number of hydrogen-bond acceptors (Lipinski definition) is 6. The van der Waals surface area contributed by atoms with Crippen LogP contribution in [0.25, 0.3) is 0 Å². The fourth-order valence-corrected chi connectivity index (χ4v) is 2.52. The predicted octanol–water partition coefficient (Wildman–Crippen LogP) is 6.39. The van der Waals surface area contributed by atoms with Crippen molar-refractivity contribution in [2.45, 2.75) is 83.1 Å². The molecule has 0 N–H and O–H groups in total. The molecule has 1 aromatic carbocycles. The lowest BCUT2D eigenvalue weighted by Crippen LogP contribution is -2.27. The van der Waals surface area contributed by atoms with Crippen molar-refractivity contribution < 1.29 is 28.7 Å². The van der Waals surface area contributed by atoms with E-state index < -0.39 is 10.8 Å². The molecule has 0 saturated carbocycles. The summed E-state index contributed by atoms with van der Waals surface area (Å²) in [4.78, 5) is 47.2. The van der Waals surface area contributed by atoms with Gasteiger partial charge in [0.25, 0.3) is 0 Å². The van der Waals surface area contributed by atoms with Gasteiger partial charge in [-0.15, -0.1) is 0 Å². The molecule has 1 aromatic rings. The number of benzene rings is 1. The lowest BCUT2D eigenvalue weighted by Gasteiger charge is -2.18. The number of hydrogen-bond donors (Lipinski definition) is 0. The zero-order valence-corrected chi connectivity index (χ0v) is 24.6. The van der Waals surface area contributed by atoms with Gasteiger partial charge in [-0.05, 0) is 0 Å². The van der Waals surface area contributed by atoms with Crippen LogP contribution >= 0.6 is 0 Å². The molecule has 0 aromatic heterocycles. The Hall–Kier alpha value is -2.18. The Morgan fingerprint density at radius 3 is 0.944 bits per heavy atom. The number of ether oxygens (including phenoxy) is 2. The normalized spacial score (nSPS) is 12.4.